The predicted molar refractivity (Wildman–Crippen MR) is 76.9 cm³/mol. The van der Waals surface area contributed by atoms with E-state index in [0.29, 0.717) is 11.6 Å². The number of amides is 1. The highest BCUT2D eigenvalue weighted by atomic mass is 16.3. The molecule has 2 N–H and O–H groups in total. The predicted octanol–water partition coefficient (Wildman–Crippen LogP) is 0.309. The number of likely N-dealkylation sites (tertiary alicyclic amines) is 1. The van der Waals surface area contributed by atoms with E-state index in [2.05, 4.69) is 27.2 Å². The average Bonchev–Trinajstić information content (AvgIpc) is 3.11. The van der Waals surface area contributed by atoms with Crippen LogP contribution in [0.4, 0.5) is 0 Å². The number of carbonyl (C=O) groups excluding carboxylic acids is 1. The molecule has 1 aromatic heterocycles. The maximum Gasteiger partial charge on any atom is 0.290 e. The van der Waals surface area contributed by atoms with Crippen molar-refractivity contribution < 1.29 is 14.7 Å². The molecular weight excluding hydrogens is 274 g/mol. The monoisotopic (exact) mass is 297 g/mol. The number of carboxylic acid groups (broad SMARTS) is 1. The zero-order valence-corrected chi connectivity index (χ0v) is 12.5. The minimum atomic E-state index is -0.250. The second-order valence-electron chi connectivity index (χ2n) is 5.26. The molecule has 21 heavy (non-hydrogen) atoms. The van der Waals surface area contributed by atoms with E-state index in [9.17, 15) is 4.79 Å². The van der Waals surface area contributed by atoms with Gasteiger partial charge in [0.1, 0.15) is 0 Å². The largest absolute Gasteiger partial charge is 0.483 e. The highest BCUT2D eigenvalue weighted by Gasteiger charge is 2.19. The normalized spacial score (nSPS) is 15.9. The summed E-state index contributed by atoms with van der Waals surface area (Å²) in [5.74, 6) is 0.404. The van der Waals surface area contributed by atoms with E-state index in [0.717, 1.165) is 13.1 Å². The van der Waals surface area contributed by atoms with Crippen molar-refractivity contribution in [1.29, 1.82) is 0 Å². The van der Waals surface area contributed by atoms with Crippen molar-refractivity contribution in [2.75, 3.05) is 33.2 Å². The van der Waals surface area contributed by atoms with Crippen LogP contribution in [0.25, 0.3) is 0 Å². The molecular formula is C13H23N5O3. The molecule has 0 bridgehead atoms. The molecule has 1 aromatic rings. The van der Waals surface area contributed by atoms with Gasteiger partial charge in [-0.05, 0) is 31.8 Å². The van der Waals surface area contributed by atoms with Crippen molar-refractivity contribution in [3.8, 4) is 0 Å². The van der Waals surface area contributed by atoms with E-state index >= 15 is 0 Å². The summed E-state index contributed by atoms with van der Waals surface area (Å²) in [5.41, 5.74) is 0.380. The molecule has 1 aliphatic heterocycles. The molecule has 2 heterocycles. The number of rotatable bonds is 5. The first-order valence-electron chi connectivity index (χ1n) is 7.00. The van der Waals surface area contributed by atoms with Crippen molar-refractivity contribution in [3.05, 3.63) is 11.9 Å². The number of nitrogens with one attached hydrogen (secondary N) is 1. The standard InChI is InChI=1S/C12H21N5O.CH2O2/c1-10(9-17-5-3-4-6-17)8-16(2)12(18)11-7-13-15-14-11;2-1-3/h7,10H,3-6,8-9H2,1-2H3,(H,13,14,15);1H,(H,2,3). The summed E-state index contributed by atoms with van der Waals surface area (Å²) in [6.45, 7) is 6.15. The SMILES string of the molecule is CC(CN1CCCC1)CN(C)C(=O)c1cn[nH]n1.O=CO. The Balaban J connectivity index is 0.000000677. The molecule has 0 radical (unpaired) electrons. The van der Waals surface area contributed by atoms with Gasteiger partial charge in [0.2, 0.25) is 0 Å². The molecule has 0 saturated carbocycles. The van der Waals surface area contributed by atoms with Crippen LogP contribution < -0.4 is 0 Å². The van der Waals surface area contributed by atoms with E-state index in [1.807, 2.05) is 7.05 Å². The molecule has 0 spiro atoms. The lowest BCUT2D eigenvalue weighted by Gasteiger charge is -2.24. The van der Waals surface area contributed by atoms with Crippen molar-refractivity contribution in [3.63, 3.8) is 0 Å². The van der Waals surface area contributed by atoms with Crippen molar-refractivity contribution in [2.45, 2.75) is 19.8 Å². The molecule has 1 atom stereocenters. The summed E-state index contributed by atoms with van der Waals surface area (Å²) >= 11 is 0. The highest BCUT2D eigenvalue weighted by Crippen LogP contribution is 2.11. The minimum Gasteiger partial charge on any atom is -0.483 e. The molecule has 1 fully saturated rings. The third-order valence-corrected chi connectivity index (χ3v) is 3.33. The van der Waals surface area contributed by atoms with Crippen molar-refractivity contribution >= 4 is 12.4 Å². The second-order valence-corrected chi connectivity index (χ2v) is 5.26. The first-order chi connectivity index (χ1) is 10.1. The lowest BCUT2D eigenvalue weighted by Crippen LogP contribution is -2.36. The highest BCUT2D eigenvalue weighted by molar-refractivity contribution is 5.91. The molecule has 8 nitrogen and oxygen atoms in total. The molecule has 1 aliphatic rings. The molecule has 2 rings (SSSR count). The molecule has 1 unspecified atom stereocenters. The van der Waals surface area contributed by atoms with Gasteiger partial charge in [-0.25, -0.2) is 0 Å². The number of carbonyl (C=O) groups is 2. The quantitative estimate of drug-likeness (QED) is 0.758. The molecule has 0 aromatic carbocycles. The van der Waals surface area contributed by atoms with E-state index in [1.165, 1.54) is 32.1 Å². The molecule has 1 saturated heterocycles. The van der Waals surface area contributed by atoms with Gasteiger partial charge in [0, 0.05) is 20.1 Å². The Kier molecular flexibility index (Phi) is 7.38. The van der Waals surface area contributed by atoms with Gasteiger partial charge in [-0.2, -0.15) is 15.4 Å². The van der Waals surface area contributed by atoms with Gasteiger partial charge in [0.15, 0.2) is 5.69 Å². The number of hydrogen-bond acceptors (Lipinski definition) is 5. The van der Waals surface area contributed by atoms with Crippen LogP contribution in [0.15, 0.2) is 6.20 Å². The lowest BCUT2D eigenvalue weighted by atomic mass is 10.1. The van der Waals surface area contributed by atoms with Crippen LogP contribution in [0.2, 0.25) is 0 Å². The molecule has 1 amide bonds. The average molecular weight is 297 g/mol. The minimum absolute atomic E-state index is 0.0722. The summed E-state index contributed by atoms with van der Waals surface area (Å²) < 4.78 is 0. The topological polar surface area (TPSA) is 102 Å². The fraction of sp³-hybridized carbons (Fsp3) is 0.692. The third-order valence-electron chi connectivity index (χ3n) is 3.33. The van der Waals surface area contributed by atoms with Gasteiger partial charge in [0.25, 0.3) is 12.4 Å². The van der Waals surface area contributed by atoms with Crippen LogP contribution in [0.1, 0.15) is 30.3 Å². The number of hydrogen-bond donors (Lipinski definition) is 2. The Bertz CT molecular complexity index is 417. The van der Waals surface area contributed by atoms with Gasteiger partial charge < -0.3 is 14.9 Å². The van der Waals surface area contributed by atoms with Crippen LogP contribution in [0, 0.1) is 5.92 Å². The van der Waals surface area contributed by atoms with Crippen molar-refractivity contribution in [1.82, 2.24) is 25.2 Å². The Hall–Kier alpha value is -1.96. The van der Waals surface area contributed by atoms with Gasteiger partial charge >= 0.3 is 0 Å². The van der Waals surface area contributed by atoms with Crippen LogP contribution in [0.3, 0.4) is 0 Å². The van der Waals surface area contributed by atoms with E-state index in [1.54, 1.807) is 4.90 Å². The Morgan fingerprint density at radius 3 is 2.71 bits per heavy atom. The lowest BCUT2D eigenvalue weighted by molar-refractivity contribution is -0.122. The molecule has 0 aliphatic carbocycles. The van der Waals surface area contributed by atoms with Crippen LogP contribution in [-0.2, 0) is 4.79 Å². The number of H-pyrrole nitrogens is 1. The van der Waals surface area contributed by atoms with Crippen LogP contribution >= 0.6 is 0 Å². The van der Waals surface area contributed by atoms with Crippen LogP contribution in [0.5, 0.6) is 0 Å². The Morgan fingerprint density at radius 1 is 1.57 bits per heavy atom. The Labute approximate surface area is 124 Å². The summed E-state index contributed by atoms with van der Waals surface area (Å²) in [6, 6.07) is 0. The number of aromatic amines is 1. The molecule has 8 heteroatoms. The van der Waals surface area contributed by atoms with Gasteiger partial charge in [0.05, 0.1) is 6.20 Å². The summed E-state index contributed by atoms with van der Waals surface area (Å²) in [6.07, 6.45) is 4.07. The zero-order chi connectivity index (χ0) is 15.7. The van der Waals surface area contributed by atoms with Crippen LogP contribution in [-0.4, -0.2) is 75.9 Å². The maximum atomic E-state index is 12.0. The smallest absolute Gasteiger partial charge is 0.290 e. The van der Waals surface area contributed by atoms with Gasteiger partial charge in [-0.1, -0.05) is 6.92 Å². The number of nitrogens with zero attached hydrogens (tertiary/aromatic N) is 4. The third kappa shape index (κ3) is 5.90. The van der Waals surface area contributed by atoms with E-state index in [4.69, 9.17) is 9.90 Å². The molecule has 118 valence electrons. The summed E-state index contributed by atoms with van der Waals surface area (Å²) in [5, 5.41) is 16.8. The fourth-order valence-electron chi connectivity index (χ4n) is 2.51. The maximum absolute atomic E-state index is 12.0. The number of aromatic nitrogens is 3. The van der Waals surface area contributed by atoms with E-state index in [-0.39, 0.29) is 12.4 Å². The van der Waals surface area contributed by atoms with Crippen molar-refractivity contribution in [2.24, 2.45) is 5.92 Å². The fourth-order valence-corrected chi connectivity index (χ4v) is 2.51. The van der Waals surface area contributed by atoms with Gasteiger partial charge in [-0.3, -0.25) is 9.59 Å². The first kappa shape index (κ1) is 17.1. The zero-order valence-electron chi connectivity index (χ0n) is 12.5. The van der Waals surface area contributed by atoms with E-state index < -0.39 is 0 Å². The Morgan fingerprint density at radius 2 is 2.19 bits per heavy atom. The summed E-state index contributed by atoms with van der Waals surface area (Å²) in [4.78, 5) is 24.5. The summed E-state index contributed by atoms with van der Waals surface area (Å²) in [7, 11) is 1.82. The van der Waals surface area contributed by atoms with Gasteiger partial charge in [-0.15, -0.1) is 0 Å². The first-order valence-corrected chi connectivity index (χ1v) is 7.00. The second kappa shape index (κ2) is 9.06.